The van der Waals surface area contributed by atoms with Gasteiger partial charge in [-0.05, 0) is 34.5 Å². The number of methoxy groups -OCH3 is 1. The second kappa shape index (κ2) is 7.40. The Balaban J connectivity index is 2.60. The molecule has 0 fully saturated rings. The number of carbonyl (C=O) groups excluding carboxylic acids is 1. The number of hydrogen-bond donors (Lipinski definition) is 1. The van der Waals surface area contributed by atoms with Crippen LogP contribution in [0.15, 0.2) is 22.8 Å². The summed E-state index contributed by atoms with van der Waals surface area (Å²) in [6.07, 6.45) is 3.51. The quantitative estimate of drug-likeness (QED) is 0.877. The molecular formula is C12H17BrN2O2. The molecule has 1 aromatic rings. The molecule has 1 unspecified atom stereocenters. The first-order valence-electron chi connectivity index (χ1n) is 5.58. The van der Waals surface area contributed by atoms with E-state index in [0.717, 1.165) is 17.3 Å². The second-order valence-corrected chi connectivity index (χ2v) is 4.69. The Hall–Kier alpha value is -0.940. The van der Waals surface area contributed by atoms with E-state index >= 15 is 0 Å². The zero-order valence-corrected chi connectivity index (χ0v) is 11.7. The minimum Gasteiger partial charge on any atom is -0.383 e. The topological polar surface area (TPSA) is 51.2 Å². The van der Waals surface area contributed by atoms with Crippen molar-refractivity contribution in [3.05, 3.63) is 28.5 Å². The van der Waals surface area contributed by atoms with Gasteiger partial charge in [-0.15, -0.1) is 0 Å². The van der Waals surface area contributed by atoms with Gasteiger partial charge in [-0.3, -0.25) is 4.79 Å². The smallest absolute Gasteiger partial charge is 0.270 e. The highest BCUT2D eigenvalue weighted by Gasteiger charge is 2.13. The summed E-state index contributed by atoms with van der Waals surface area (Å²) in [5.74, 6) is -0.159. The molecule has 94 valence electrons. The van der Waals surface area contributed by atoms with Crippen LogP contribution < -0.4 is 5.32 Å². The van der Waals surface area contributed by atoms with Crippen molar-refractivity contribution in [2.75, 3.05) is 13.7 Å². The van der Waals surface area contributed by atoms with Crippen LogP contribution in [0.25, 0.3) is 0 Å². The van der Waals surface area contributed by atoms with E-state index in [1.807, 2.05) is 0 Å². The predicted octanol–water partition coefficient (Wildman–Crippen LogP) is 2.39. The Bertz CT molecular complexity index is 348. The van der Waals surface area contributed by atoms with Gasteiger partial charge < -0.3 is 10.1 Å². The number of ether oxygens (including phenoxy) is 1. The van der Waals surface area contributed by atoms with E-state index in [9.17, 15) is 4.79 Å². The summed E-state index contributed by atoms with van der Waals surface area (Å²) in [4.78, 5) is 15.9. The summed E-state index contributed by atoms with van der Waals surface area (Å²) in [5.41, 5.74) is 0.422. The largest absolute Gasteiger partial charge is 0.383 e. The van der Waals surface area contributed by atoms with Crippen LogP contribution in [0.3, 0.4) is 0 Å². The SMILES string of the molecule is CCCC(COC)NC(=O)c1ccc(Br)cn1. The third-order valence-electron chi connectivity index (χ3n) is 2.30. The summed E-state index contributed by atoms with van der Waals surface area (Å²) >= 11 is 3.28. The first kappa shape index (κ1) is 14.1. The van der Waals surface area contributed by atoms with Crippen LogP contribution in [0.2, 0.25) is 0 Å². The van der Waals surface area contributed by atoms with Gasteiger partial charge in [0, 0.05) is 17.8 Å². The van der Waals surface area contributed by atoms with Crippen molar-refractivity contribution >= 4 is 21.8 Å². The van der Waals surface area contributed by atoms with E-state index in [-0.39, 0.29) is 11.9 Å². The van der Waals surface area contributed by atoms with E-state index in [1.54, 1.807) is 25.4 Å². The van der Waals surface area contributed by atoms with E-state index in [4.69, 9.17) is 4.74 Å². The predicted molar refractivity (Wildman–Crippen MR) is 70.0 cm³/mol. The third kappa shape index (κ3) is 4.83. The van der Waals surface area contributed by atoms with Gasteiger partial charge in [0.2, 0.25) is 0 Å². The highest BCUT2D eigenvalue weighted by Crippen LogP contribution is 2.08. The fourth-order valence-corrected chi connectivity index (χ4v) is 1.75. The molecule has 17 heavy (non-hydrogen) atoms. The summed E-state index contributed by atoms with van der Waals surface area (Å²) in [6.45, 7) is 2.60. The van der Waals surface area contributed by atoms with Gasteiger partial charge in [-0.1, -0.05) is 13.3 Å². The Morgan fingerprint density at radius 2 is 2.35 bits per heavy atom. The van der Waals surface area contributed by atoms with Crippen LogP contribution in [0.4, 0.5) is 0 Å². The molecule has 0 saturated carbocycles. The fraction of sp³-hybridized carbons (Fsp3) is 0.500. The molecule has 5 heteroatoms. The number of halogens is 1. The van der Waals surface area contributed by atoms with Gasteiger partial charge in [0.1, 0.15) is 5.69 Å². The number of hydrogen-bond acceptors (Lipinski definition) is 3. The van der Waals surface area contributed by atoms with Crippen molar-refractivity contribution < 1.29 is 9.53 Å². The van der Waals surface area contributed by atoms with Crippen LogP contribution in [-0.2, 0) is 4.74 Å². The second-order valence-electron chi connectivity index (χ2n) is 3.78. The van der Waals surface area contributed by atoms with E-state index in [2.05, 4.69) is 33.2 Å². The average Bonchev–Trinajstić information content (AvgIpc) is 2.30. The molecule has 1 rings (SSSR count). The Kier molecular flexibility index (Phi) is 6.15. The number of nitrogens with zero attached hydrogens (tertiary/aromatic N) is 1. The van der Waals surface area contributed by atoms with Gasteiger partial charge in [-0.25, -0.2) is 4.98 Å². The molecule has 4 nitrogen and oxygen atoms in total. The van der Waals surface area contributed by atoms with Gasteiger partial charge in [0.05, 0.1) is 12.6 Å². The van der Waals surface area contributed by atoms with Gasteiger partial charge in [0.25, 0.3) is 5.91 Å². The standard InChI is InChI=1S/C12H17BrN2O2/c1-3-4-10(8-17-2)15-12(16)11-6-5-9(13)7-14-11/h5-7,10H,3-4,8H2,1-2H3,(H,15,16). The van der Waals surface area contributed by atoms with Crippen molar-refractivity contribution in [1.82, 2.24) is 10.3 Å². The lowest BCUT2D eigenvalue weighted by molar-refractivity contribution is 0.0886. The van der Waals surface area contributed by atoms with E-state index in [0.29, 0.717) is 12.3 Å². The number of nitrogens with one attached hydrogen (secondary N) is 1. The van der Waals surface area contributed by atoms with Crippen LogP contribution in [0, 0.1) is 0 Å². The number of pyridine rings is 1. The molecule has 0 radical (unpaired) electrons. The normalized spacial score (nSPS) is 12.2. The van der Waals surface area contributed by atoms with Crippen molar-refractivity contribution in [1.29, 1.82) is 0 Å². The van der Waals surface area contributed by atoms with E-state index in [1.165, 1.54) is 0 Å². The first-order chi connectivity index (χ1) is 8.17. The summed E-state index contributed by atoms with van der Waals surface area (Å²) in [7, 11) is 1.63. The zero-order valence-electron chi connectivity index (χ0n) is 10.1. The van der Waals surface area contributed by atoms with E-state index < -0.39 is 0 Å². The maximum atomic E-state index is 11.9. The van der Waals surface area contributed by atoms with Crippen molar-refractivity contribution in [2.24, 2.45) is 0 Å². The molecule has 0 aromatic carbocycles. The molecule has 1 heterocycles. The average molecular weight is 301 g/mol. The Morgan fingerprint density at radius 3 is 2.88 bits per heavy atom. The van der Waals surface area contributed by atoms with Crippen LogP contribution in [0.1, 0.15) is 30.3 Å². The number of carbonyl (C=O) groups is 1. The van der Waals surface area contributed by atoms with Crippen molar-refractivity contribution in [2.45, 2.75) is 25.8 Å². The molecule has 1 N–H and O–H groups in total. The highest BCUT2D eigenvalue weighted by atomic mass is 79.9. The summed E-state index contributed by atoms with van der Waals surface area (Å²) < 4.78 is 5.93. The molecule has 0 saturated heterocycles. The molecule has 0 aliphatic heterocycles. The van der Waals surface area contributed by atoms with Crippen LogP contribution >= 0.6 is 15.9 Å². The molecule has 1 aromatic heterocycles. The van der Waals surface area contributed by atoms with Gasteiger partial charge >= 0.3 is 0 Å². The van der Waals surface area contributed by atoms with Crippen LogP contribution in [-0.4, -0.2) is 30.6 Å². The molecule has 1 atom stereocenters. The Morgan fingerprint density at radius 1 is 1.59 bits per heavy atom. The number of rotatable bonds is 6. The minimum atomic E-state index is -0.159. The molecule has 0 spiro atoms. The van der Waals surface area contributed by atoms with Crippen molar-refractivity contribution in [3.8, 4) is 0 Å². The lowest BCUT2D eigenvalue weighted by Gasteiger charge is -2.16. The minimum absolute atomic E-state index is 0.0444. The lowest BCUT2D eigenvalue weighted by Crippen LogP contribution is -2.38. The lowest BCUT2D eigenvalue weighted by atomic mass is 10.1. The Labute approximate surface area is 110 Å². The highest BCUT2D eigenvalue weighted by molar-refractivity contribution is 9.10. The zero-order chi connectivity index (χ0) is 12.7. The monoisotopic (exact) mass is 300 g/mol. The molecule has 0 bridgehead atoms. The molecule has 1 amide bonds. The van der Waals surface area contributed by atoms with Crippen molar-refractivity contribution in [3.63, 3.8) is 0 Å². The molecule has 0 aliphatic carbocycles. The maximum absolute atomic E-state index is 11.9. The fourth-order valence-electron chi connectivity index (χ4n) is 1.52. The number of amides is 1. The van der Waals surface area contributed by atoms with Gasteiger partial charge in [0.15, 0.2) is 0 Å². The third-order valence-corrected chi connectivity index (χ3v) is 2.77. The molecular weight excluding hydrogens is 284 g/mol. The maximum Gasteiger partial charge on any atom is 0.270 e. The van der Waals surface area contributed by atoms with Crippen LogP contribution in [0.5, 0.6) is 0 Å². The van der Waals surface area contributed by atoms with Gasteiger partial charge in [-0.2, -0.15) is 0 Å². The number of aromatic nitrogens is 1. The molecule has 0 aliphatic rings. The first-order valence-corrected chi connectivity index (χ1v) is 6.38. The summed E-state index contributed by atoms with van der Waals surface area (Å²) in [5, 5.41) is 2.91. The summed E-state index contributed by atoms with van der Waals surface area (Å²) in [6, 6.07) is 3.53.